The highest BCUT2D eigenvalue weighted by molar-refractivity contribution is 9.10. The van der Waals surface area contributed by atoms with Crippen molar-refractivity contribution in [2.24, 2.45) is 0 Å². The lowest BCUT2D eigenvalue weighted by atomic mass is 10.1. The van der Waals surface area contributed by atoms with Gasteiger partial charge in [0.2, 0.25) is 0 Å². The van der Waals surface area contributed by atoms with Gasteiger partial charge in [-0.25, -0.2) is 9.18 Å². The van der Waals surface area contributed by atoms with Crippen LogP contribution in [0.15, 0.2) is 22.7 Å². The number of likely N-dealkylation sites (N-methyl/N-ethyl adjacent to an activating group) is 1. The van der Waals surface area contributed by atoms with Crippen LogP contribution in [0.5, 0.6) is 0 Å². The van der Waals surface area contributed by atoms with Gasteiger partial charge in [0.15, 0.2) is 0 Å². The number of esters is 1. The number of rotatable bonds is 3. The van der Waals surface area contributed by atoms with Gasteiger partial charge in [-0.15, -0.1) is 0 Å². The van der Waals surface area contributed by atoms with Gasteiger partial charge in [0, 0.05) is 0 Å². The van der Waals surface area contributed by atoms with Gasteiger partial charge >= 0.3 is 5.97 Å². The number of carbonyl (C=O) groups is 1. The minimum absolute atomic E-state index is 0.367. The van der Waals surface area contributed by atoms with Gasteiger partial charge in [0.05, 0.1) is 11.6 Å². The first-order valence-electron chi connectivity index (χ1n) is 4.30. The molecule has 15 heavy (non-hydrogen) atoms. The van der Waals surface area contributed by atoms with Gasteiger partial charge in [0.25, 0.3) is 0 Å². The van der Waals surface area contributed by atoms with Crippen LogP contribution < -0.4 is 5.32 Å². The van der Waals surface area contributed by atoms with Crippen LogP contribution in [0.2, 0.25) is 0 Å². The van der Waals surface area contributed by atoms with Crippen LogP contribution in [0.1, 0.15) is 11.6 Å². The Bertz CT molecular complexity index is 370. The van der Waals surface area contributed by atoms with Crippen molar-refractivity contribution in [3.63, 3.8) is 0 Å². The van der Waals surface area contributed by atoms with Crippen LogP contribution in [0.25, 0.3) is 0 Å². The van der Waals surface area contributed by atoms with Crippen LogP contribution in [-0.4, -0.2) is 20.1 Å². The van der Waals surface area contributed by atoms with Crippen molar-refractivity contribution in [1.82, 2.24) is 5.32 Å². The number of carbonyl (C=O) groups excluding carboxylic acids is 1. The lowest BCUT2D eigenvalue weighted by Gasteiger charge is -2.14. The third-order valence-corrected chi connectivity index (χ3v) is 2.65. The summed E-state index contributed by atoms with van der Waals surface area (Å²) in [5, 5.41) is 2.76. The largest absolute Gasteiger partial charge is 0.468 e. The molecule has 0 saturated heterocycles. The summed E-state index contributed by atoms with van der Waals surface area (Å²) in [6.45, 7) is 0. The molecule has 3 nitrogen and oxygen atoms in total. The van der Waals surface area contributed by atoms with E-state index in [1.54, 1.807) is 19.2 Å². The summed E-state index contributed by atoms with van der Waals surface area (Å²) in [6, 6.07) is 3.86. The second-order valence-corrected chi connectivity index (χ2v) is 3.77. The van der Waals surface area contributed by atoms with E-state index >= 15 is 0 Å². The minimum atomic E-state index is -0.641. The fraction of sp³-hybridized carbons (Fsp3) is 0.300. The Hall–Kier alpha value is -0.940. The number of hydrogen-bond donors (Lipinski definition) is 1. The van der Waals surface area contributed by atoms with Crippen LogP contribution in [0.3, 0.4) is 0 Å². The molecule has 0 aliphatic heterocycles. The SMILES string of the molecule is CNC(C(=O)OC)c1ccc(Br)c(F)c1. The molecule has 0 aliphatic rings. The molecule has 1 unspecified atom stereocenters. The van der Waals surface area contributed by atoms with Gasteiger partial charge in [-0.1, -0.05) is 6.07 Å². The van der Waals surface area contributed by atoms with Crippen molar-refractivity contribution in [2.75, 3.05) is 14.2 Å². The zero-order valence-corrected chi connectivity index (χ0v) is 9.97. The third-order valence-electron chi connectivity index (χ3n) is 2.00. The first-order chi connectivity index (χ1) is 7.10. The van der Waals surface area contributed by atoms with Crippen LogP contribution in [-0.2, 0) is 9.53 Å². The van der Waals surface area contributed by atoms with E-state index in [9.17, 15) is 9.18 Å². The zero-order valence-electron chi connectivity index (χ0n) is 8.38. The quantitative estimate of drug-likeness (QED) is 0.858. The summed E-state index contributed by atoms with van der Waals surface area (Å²) in [6.07, 6.45) is 0. The first kappa shape index (κ1) is 12.1. The molecule has 0 aliphatic carbocycles. The molecule has 1 atom stereocenters. The molecule has 0 heterocycles. The molecule has 1 rings (SSSR count). The molecule has 0 saturated carbocycles. The Morgan fingerprint density at radius 2 is 2.27 bits per heavy atom. The van der Waals surface area contributed by atoms with E-state index in [1.807, 2.05) is 0 Å². The standard InChI is InChI=1S/C10H11BrFNO2/c1-13-9(10(14)15-2)6-3-4-7(11)8(12)5-6/h3-5,9,13H,1-2H3. The van der Waals surface area contributed by atoms with Crippen molar-refractivity contribution in [3.8, 4) is 0 Å². The van der Waals surface area contributed by atoms with Gasteiger partial charge < -0.3 is 10.1 Å². The van der Waals surface area contributed by atoms with Crippen molar-refractivity contribution in [3.05, 3.63) is 34.1 Å². The molecule has 0 aromatic heterocycles. The fourth-order valence-electron chi connectivity index (χ4n) is 1.23. The highest BCUT2D eigenvalue weighted by Crippen LogP contribution is 2.21. The Morgan fingerprint density at radius 3 is 2.73 bits per heavy atom. The predicted molar refractivity (Wildman–Crippen MR) is 57.9 cm³/mol. The highest BCUT2D eigenvalue weighted by Gasteiger charge is 2.19. The van der Waals surface area contributed by atoms with E-state index < -0.39 is 17.8 Å². The molecular weight excluding hydrogens is 265 g/mol. The first-order valence-corrected chi connectivity index (χ1v) is 5.09. The van der Waals surface area contributed by atoms with Crippen molar-refractivity contribution in [1.29, 1.82) is 0 Å². The fourth-order valence-corrected chi connectivity index (χ4v) is 1.48. The molecule has 0 radical (unpaired) electrons. The number of nitrogens with one attached hydrogen (secondary N) is 1. The minimum Gasteiger partial charge on any atom is -0.468 e. The summed E-state index contributed by atoms with van der Waals surface area (Å²) >= 11 is 3.04. The van der Waals surface area contributed by atoms with Crippen molar-refractivity contribution in [2.45, 2.75) is 6.04 Å². The maximum Gasteiger partial charge on any atom is 0.327 e. The second-order valence-electron chi connectivity index (χ2n) is 2.92. The Labute approximate surface area is 95.7 Å². The van der Waals surface area contributed by atoms with Crippen LogP contribution in [0, 0.1) is 5.82 Å². The number of benzene rings is 1. The van der Waals surface area contributed by atoms with E-state index in [0.29, 0.717) is 10.0 Å². The van der Waals surface area contributed by atoms with E-state index in [-0.39, 0.29) is 0 Å². The van der Waals surface area contributed by atoms with Crippen molar-refractivity contribution < 1.29 is 13.9 Å². The van der Waals surface area contributed by atoms with E-state index in [0.717, 1.165) is 0 Å². The molecule has 0 spiro atoms. The van der Waals surface area contributed by atoms with Gasteiger partial charge in [-0.2, -0.15) is 0 Å². The number of methoxy groups -OCH3 is 1. The third kappa shape index (κ3) is 2.76. The lowest BCUT2D eigenvalue weighted by molar-refractivity contribution is -0.143. The number of halogens is 2. The molecule has 82 valence electrons. The summed E-state index contributed by atoms with van der Waals surface area (Å²) in [4.78, 5) is 11.3. The second kappa shape index (κ2) is 5.23. The van der Waals surface area contributed by atoms with E-state index in [1.165, 1.54) is 13.2 Å². The van der Waals surface area contributed by atoms with Gasteiger partial charge in [0.1, 0.15) is 11.9 Å². The summed E-state index contributed by atoms with van der Waals surface area (Å²) < 4.78 is 18.2. The highest BCUT2D eigenvalue weighted by atomic mass is 79.9. The Morgan fingerprint density at radius 1 is 1.60 bits per heavy atom. The number of ether oxygens (including phenoxy) is 1. The lowest BCUT2D eigenvalue weighted by Crippen LogP contribution is -2.26. The van der Waals surface area contributed by atoms with E-state index in [4.69, 9.17) is 0 Å². The zero-order chi connectivity index (χ0) is 11.4. The predicted octanol–water partition coefficient (Wildman–Crippen LogP) is 2.02. The van der Waals surface area contributed by atoms with Crippen LogP contribution in [0.4, 0.5) is 4.39 Å². The normalized spacial score (nSPS) is 12.3. The molecule has 0 fully saturated rings. The Kier molecular flexibility index (Phi) is 4.23. The molecule has 1 aromatic carbocycles. The van der Waals surface area contributed by atoms with Gasteiger partial charge in [-0.05, 0) is 40.7 Å². The van der Waals surface area contributed by atoms with Crippen molar-refractivity contribution >= 4 is 21.9 Å². The molecule has 0 amide bonds. The summed E-state index contributed by atoms with van der Waals surface area (Å²) in [5.74, 6) is -0.851. The Balaban J connectivity index is 3.02. The summed E-state index contributed by atoms with van der Waals surface area (Å²) in [7, 11) is 2.91. The van der Waals surface area contributed by atoms with Crippen LogP contribution >= 0.6 is 15.9 Å². The monoisotopic (exact) mass is 275 g/mol. The maximum absolute atomic E-state index is 13.2. The maximum atomic E-state index is 13.2. The molecular formula is C10H11BrFNO2. The molecule has 0 bridgehead atoms. The average molecular weight is 276 g/mol. The molecule has 5 heteroatoms. The van der Waals surface area contributed by atoms with E-state index in [2.05, 4.69) is 26.0 Å². The molecule has 1 aromatic rings. The molecule has 1 N–H and O–H groups in total. The smallest absolute Gasteiger partial charge is 0.327 e. The average Bonchev–Trinajstić information content (AvgIpc) is 2.24. The van der Waals surface area contributed by atoms with Gasteiger partial charge in [-0.3, -0.25) is 0 Å². The number of hydrogen-bond acceptors (Lipinski definition) is 3. The topological polar surface area (TPSA) is 38.3 Å². The summed E-state index contributed by atoms with van der Waals surface area (Å²) in [5.41, 5.74) is 0.532.